The average molecular weight is 497 g/mol. The molecule has 1 heterocycles. The Morgan fingerprint density at radius 2 is 1.82 bits per heavy atom. The van der Waals surface area contributed by atoms with Crippen LogP contribution in [0.25, 0.3) is 5.69 Å². The Kier molecular flexibility index (Phi) is 7.67. The molecule has 0 spiro atoms. The van der Waals surface area contributed by atoms with Crippen LogP contribution in [0.2, 0.25) is 5.02 Å². The van der Waals surface area contributed by atoms with Crippen LogP contribution in [0.3, 0.4) is 0 Å². The van der Waals surface area contributed by atoms with Gasteiger partial charge in [-0.15, -0.1) is 0 Å². The number of hydrogen-bond acceptors (Lipinski definition) is 5. The molecule has 0 radical (unpaired) electrons. The highest BCUT2D eigenvalue weighted by Crippen LogP contribution is 2.34. The lowest BCUT2D eigenvalue weighted by Gasteiger charge is -2.14. The molecule has 3 aromatic rings. The number of amides is 2. The van der Waals surface area contributed by atoms with Crippen LogP contribution in [0.15, 0.2) is 48.7 Å². The molecule has 2 aromatic carbocycles. The van der Waals surface area contributed by atoms with E-state index in [0.717, 1.165) is 12.6 Å². The summed E-state index contributed by atoms with van der Waals surface area (Å²) >= 11 is 5.86. The van der Waals surface area contributed by atoms with Crippen molar-refractivity contribution in [3.05, 3.63) is 70.5 Å². The van der Waals surface area contributed by atoms with Crippen LogP contribution in [-0.4, -0.2) is 35.3 Å². The topological polar surface area (TPSA) is 94.5 Å². The fraction of sp³-hybridized carbons (Fsp3) is 0.227. The summed E-state index contributed by atoms with van der Waals surface area (Å²) in [5.41, 5.74) is 2.07. The summed E-state index contributed by atoms with van der Waals surface area (Å²) in [5.74, 6) is -1.27. The Morgan fingerprint density at radius 3 is 2.47 bits per heavy atom. The first-order chi connectivity index (χ1) is 16.2. The largest absolute Gasteiger partial charge is 0.493 e. The van der Waals surface area contributed by atoms with E-state index in [-0.39, 0.29) is 22.0 Å². The minimum atomic E-state index is -4.92. The SMILES string of the molecule is CCCOc1ccc(C(=O)NNC(=O)c2cnn(-c3cccc(Cl)c3)c2C(F)(F)F)cc1OC. The van der Waals surface area contributed by atoms with Gasteiger partial charge in [0.25, 0.3) is 11.8 Å². The van der Waals surface area contributed by atoms with Crippen molar-refractivity contribution >= 4 is 23.4 Å². The van der Waals surface area contributed by atoms with Crippen molar-refractivity contribution in [2.24, 2.45) is 0 Å². The van der Waals surface area contributed by atoms with Gasteiger partial charge in [-0.1, -0.05) is 24.6 Å². The van der Waals surface area contributed by atoms with Gasteiger partial charge in [0.05, 0.1) is 31.2 Å². The van der Waals surface area contributed by atoms with Gasteiger partial charge in [0.15, 0.2) is 17.2 Å². The number of carbonyl (C=O) groups is 2. The number of hydrazine groups is 1. The number of alkyl halides is 3. The normalized spacial score (nSPS) is 11.1. The molecular weight excluding hydrogens is 477 g/mol. The molecule has 34 heavy (non-hydrogen) atoms. The van der Waals surface area contributed by atoms with Gasteiger partial charge in [-0.25, -0.2) is 4.68 Å². The molecule has 180 valence electrons. The lowest BCUT2D eigenvalue weighted by Crippen LogP contribution is -2.42. The van der Waals surface area contributed by atoms with Crippen LogP contribution < -0.4 is 20.3 Å². The molecule has 0 saturated carbocycles. The molecule has 0 bridgehead atoms. The number of halogens is 4. The van der Waals surface area contributed by atoms with Gasteiger partial charge >= 0.3 is 6.18 Å². The van der Waals surface area contributed by atoms with Crippen LogP contribution in [0.4, 0.5) is 13.2 Å². The average Bonchev–Trinajstić information content (AvgIpc) is 3.27. The number of aromatic nitrogens is 2. The maximum Gasteiger partial charge on any atom is 0.434 e. The molecule has 1 aromatic heterocycles. The smallest absolute Gasteiger partial charge is 0.434 e. The molecule has 0 aliphatic rings. The molecule has 12 heteroatoms. The van der Waals surface area contributed by atoms with Gasteiger partial charge in [0, 0.05) is 10.6 Å². The quantitative estimate of drug-likeness (QED) is 0.472. The summed E-state index contributed by atoms with van der Waals surface area (Å²) in [7, 11) is 1.40. The van der Waals surface area contributed by atoms with Gasteiger partial charge in [-0.3, -0.25) is 20.4 Å². The van der Waals surface area contributed by atoms with E-state index >= 15 is 0 Å². The Hall–Kier alpha value is -3.73. The molecule has 0 fully saturated rings. The second-order valence-electron chi connectivity index (χ2n) is 6.92. The van der Waals surface area contributed by atoms with Gasteiger partial charge < -0.3 is 9.47 Å². The lowest BCUT2D eigenvalue weighted by atomic mass is 10.2. The molecule has 2 N–H and O–H groups in total. The van der Waals surface area contributed by atoms with Gasteiger partial charge in [-0.2, -0.15) is 18.3 Å². The minimum absolute atomic E-state index is 0.0142. The van der Waals surface area contributed by atoms with Gasteiger partial charge in [0.2, 0.25) is 0 Å². The second kappa shape index (κ2) is 10.5. The van der Waals surface area contributed by atoms with Crippen molar-refractivity contribution in [2.45, 2.75) is 19.5 Å². The van der Waals surface area contributed by atoms with Crippen molar-refractivity contribution in [1.82, 2.24) is 20.6 Å². The van der Waals surface area contributed by atoms with E-state index in [0.29, 0.717) is 17.0 Å². The summed E-state index contributed by atoms with van der Waals surface area (Å²) in [5, 5.41) is 3.89. The van der Waals surface area contributed by atoms with Crippen LogP contribution in [0.1, 0.15) is 39.8 Å². The number of methoxy groups -OCH3 is 1. The molecule has 0 saturated heterocycles. The van der Waals surface area contributed by atoms with Crippen molar-refractivity contribution in [3.63, 3.8) is 0 Å². The second-order valence-corrected chi connectivity index (χ2v) is 7.36. The van der Waals surface area contributed by atoms with E-state index in [1.807, 2.05) is 12.3 Å². The predicted molar refractivity (Wildman–Crippen MR) is 117 cm³/mol. The highest BCUT2D eigenvalue weighted by molar-refractivity contribution is 6.30. The van der Waals surface area contributed by atoms with E-state index in [2.05, 4.69) is 10.5 Å². The van der Waals surface area contributed by atoms with Crippen LogP contribution in [0, 0.1) is 0 Å². The molecule has 3 rings (SSSR count). The Balaban J connectivity index is 1.79. The number of benzene rings is 2. The molecular formula is C22H20ClF3N4O4. The van der Waals surface area contributed by atoms with E-state index < -0.39 is 29.2 Å². The third-order valence-electron chi connectivity index (χ3n) is 4.51. The first kappa shape index (κ1) is 24.9. The summed E-state index contributed by atoms with van der Waals surface area (Å²) in [4.78, 5) is 24.9. The van der Waals surface area contributed by atoms with Crippen LogP contribution >= 0.6 is 11.6 Å². The van der Waals surface area contributed by atoms with E-state index in [1.54, 1.807) is 0 Å². The Bertz CT molecular complexity index is 1200. The maximum atomic E-state index is 13.8. The number of rotatable bonds is 7. The summed E-state index contributed by atoms with van der Waals surface area (Å²) < 4.78 is 52.6. The van der Waals surface area contributed by atoms with Crippen LogP contribution in [0.5, 0.6) is 11.5 Å². The van der Waals surface area contributed by atoms with E-state index in [4.69, 9.17) is 21.1 Å². The first-order valence-corrected chi connectivity index (χ1v) is 10.4. The summed E-state index contributed by atoms with van der Waals surface area (Å²) in [6, 6.07) is 9.89. The van der Waals surface area contributed by atoms with Crippen LogP contribution in [-0.2, 0) is 6.18 Å². The first-order valence-electron chi connectivity index (χ1n) is 9.98. The highest BCUT2D eigenvalue weighted by atomic mass is 35.5. The summed E-state index contributed by atoms with van der Waals surface area (Å²) in [6.07, 6.45) is -3.39. The summed E-state index contributed by atoms with van der Waals surface area (Å²) in [6.45, 7) is 2.38. The van der Waals surface area contributed by atoms with Crippen molar-refractivity contribution in [3.8, 4) is 17.2 Å². The zero-order valence-corrected chi connectivity index (χ0v) is 18.8. The Morgan fingerprint density at radius 1 is 1.09 bits per heavy atom. The van der Waals surface area contributed by atoms with E-state index in [9.17, 15) is 22.8 Å². The number of ether oxygens (including phenoxy) is 2. The molecule has 0 atom stereocenters. The zero-order chi connectivity index (χ0) is 24.9. The molecule has 2 amide bonds. The highest BCUT2D eigenvalue weighted by Gasteiger charge is 2.40. The monoisotopic (exact) mass is 496 g/mol. The molecule has 0 aliphatic heterocycles. The number of nitrogens with zero attached hydrogens (tertiary/aromatic N) is 2. The van der Waals surface area contributed by atoms with Gasteiger partial charge in [-0.05, 0) is 42.8 Å². The standard InChI is InChI=1S/C22H20ClF3N4O4/c1-3-9-34-17-8-7-13(10-18(17)33-2)20(31)28-29-21(32)16-12-27-30(19(16)22(24,25)26)15-6-4-5-14(23)11-15/h4-8,10-12H,3,9H2,1-2H3,(H,28,31)(H,29,32). The lowest BCUT2D eigenvalue weighted by molar-refractivity contribution is -0.143. The number of hydrogen-bond donors (Lipinski definition) is 2. The van der Waals surface area contributed by atoms with Crippen molar-refractivity contribution in [2.75, 3.05) is 13.7 Å². The molecule has 0 unspecified atom stereocenters. The van der Waals surface area contributed by atoms with E-state index in [1.165, 1.54) is 49.6 Å². The third kappa shape index (κ3) is 5.60. The molecule has 8 nitrogen and oxygen atoms in total. The predicted octanol–water partition coefficient (Wildman–Crippen LogP) is 4.42. The van der Waals surface area contributed by atoms with Gasteiger partial charge in [0.1, 0.15) is 0 Å². The zero-order valence-electron chi connectivity index (χ0n) is 18.1. The van der Waals surface area contributed by atoms with Crippen molar-refractivity contribution < 1.29 is 32.2 Å². The number of carbonyl (C=O) groups excluding carboxylic acids is 2. The van der Waals surface area contributed by atoms with Crippen molar-refractivity contribution in [1.29, 1.82) is 0 Å². The fourth-order valence-electron chi connectivity index (χ4n) is 2.98. The Labute approximate surface area is 197 Å². The fourth-order valence-corrected chi connectivity index (χ4v) is 3.17. The molecule has 0 aliphatic carbocycles. The third-order valence-corrected chi connectivity index (χ3v) is 4.75. The maximum absolute atomic E-state index is 13.8. The minimum Gasteiger partial charge on any atom is -0.493 e. The number of nitrogens with one attached hydrogen (secondary N) is 2.